The number of hydrogen-bond acceptors (Lipinski definition) is 8. The molecule has 0 aromatic heterocycles. The summed E-state index contributed by atoms with van der Waals surface area (Å²) in [5.74, 6) is -2.94. The van der Waals surface area contributed by atoms with Gasteiger partial charge in [0.15, 0.2) is 0 Å². The number of carbonyl (C=O) groups is 2. The Labute approximate surface area is 203 Å². The molecule has 0 saturated carbocycles. The van der Waals surface area contributed by atoms with Gasteiger partial charge in [-0.3, -0.25) is 4.90 Å². The summed E-state index contributed by atoms with van der Waals surface area (Å²) in [7, 11) is 2.30. The van der Waals surface area contributed by atoms with Crippen LogP contribution >= 0.6 is 27.5 Å². The smallest absolute Gasteiger partial charge is 0.355 e. The van der Waals surface area contributed by atoms with E-state index in [0.717, 1.165) is 19.1 Å². The zero-order valence-corrected chi connectivity index (χ0v) is 19.8. The van der Waals surface area contributed by atoms with Crippen molar-refractivity contribution >= 4 is 45.2 Å². The minimum absolute atomic E-state index is 0.0143. The monoisotopic (exact) mass is 526 g/mol. The van der Waals surface area contributed by atoms with Gasteiger partial charge in [0.25, 0.3) is 0 Å². The zero-order chi connectivity index (χ0) is 24.3. The molecule has 1 aliphatic heterocycles. The molecule has 0 radical (unpaired) electrons. The Bertz CT molecular complexity index is 1290. The van der Waals surface area contributed by atoms with Crippen LogP contribution in [-0.2, 0) is 19.1 Å². The number of methoxy groups -OCH3 is 2. The van der Waals surface area contributed by atoms with E-state index in [1.54, 1.807) is 30.3 Å². The highest BCUT2D eigenvalue weighted by molar-refractivity contribution is 9.10. The van der Waals surface area contributed by atoms with Crippen molar-refractivity contribution in [2.45, 2.75) is 5.92 Å². The molecule has 8 nitrogen and oxygen atoms in total. The lowest BCUT2D eigenvalue weighted by atomic mass is 9.81. The maximum Gasteiger partial charge on any atom is 0.355 e. The Morgan fingerprint density at radius 3 is 2.24 bits per heavy atom. The molecule has 0 amide bonds. The van der Waals surface area contributed by atoms with Crippen LogP contribution in [0.5, 0.6) is 0 Å². The molecule has 2 N–H and O–H groups in total. The number of nitriles is 2. The highest BCUT2D eigenvalue weighted by Gasteiger charge is 2.44. The molecular formula is C23H16BrClN4O4. The first kappa shape index (κ1) is 23.9. The minimum atomic E-state index is -1.01. The van der Waals surface area contributed by atoms with Crippen LogP contribution < -0.4 is 10.6 Å². The first-order valence-electron chi connectivity index (χ1n) is 9.36. The van der Waals surface area contributed by atoms with Gasteiger partial charge in [0.1, 0.15) is 17.6 Å². The molecule has 1 atom stereocenters. The first-order valence-corrected chi connectivity index (χ1v) is 10.5. The van der Waals surface area contributed by atoms with Gasteiger partial charge < -0.3 is 15.2 Å². The number of nitrogens with two attached hydrogens (primary N) is 1. The van der Waals surface area contributed by atoms with Crippen molar-refractivity contribution in [3.8, 4) is 12.1 Å². The van der Waals surface area contributed by atoms with E-state index in [9.17, 15) is 20.1 Å². The average molecular weight is 528 g/mol. The lowest BCUT2D eigenvalue weighted by molar-refractivity contribution is -0.139. The summed E-state index contributed by atoms with van der Waals surface area (Å²) in [5, 5.41) is 19.4. The molecule has 1 aliphatic rings. The molecule has 3 rings (SSSR count). The number of allylic oxidation sites excluding steroid dienone is 1. The van der Waals surface area contributed by atoms with E-state index >= 15 is 0 Å². The van der Waals surface area contributed by atoms with Gasteiger partial charge in [-0.05, 0) is 33.6 Å². The van der Waals surface area contributed by atoms with E-state index < -0.39 is 17.9 Å². The maximum absolute atomic E-state index is 13.1. The normalized spacial score (nSPS) is 15.6. The predicted octanol–water partition coefficient (Wildman–Crippen LogP) is 3.87. The SMILES string of the molecule is COC(=O)C1=C(C(=O)OC)N(c2c(Br)ccc(C#N)c2Cl)C(N)=C(C#N)C1c1ccccc1. The highest BCUT2D eigenvalue weighted by Crippen LogP contribution is 2.47. The Balaban J connectivity index is 2.51. The molecular weight excluding hydrogens is 512 g/mol. The van der Waals surface area contributed by atoms with Crippen LogP contribution in [0.4, 0.5) is 5.69 Å². The molecule has 1 unspecified atom stereocenters. The molecule has 1 heterocycles. The number of hydrogen-bond donors (Lipinski definition) is 1. The van der Waals surface area contributed by atoms with Crippen LogP contribution in [0.2, 0.25) is 5.02 Å². The van der Waals surface area contributed by atoms with E-state index in [4.69, 9.17) is 26.8 Å². The number of ether oxygens (including phenoxy) is 2. The molecule has 0 bridgehead atoms. The fraction of sp³-hybridized carbons (Fsp3) is 0.130. The van der Waals surface area contributed by atoms with Gasteiger partial charge in [-0.25, -0.2) is 9.59 Å². The summed E-state index contributed by atoms with van der Waals surface area (Å²) >= 11 is 9.85. The molecule has 166 valence electrons. The fourth-order valence-corrected chi connectivity index (χ4v) is 4.49. The van der Waals surface area contributed by atoms with Crippen molar-refractivity contribution in [3.63, 3.8) is 0 Å². The molecule has 0 aliphatic carbocycles. The van der Waals surface area contributed by atoms with Crippen LogP contribution in [0.3, 0.4) is 0 Å². The van der Waals surface area contributed by atoms with Crippen molar-refractivity contribution in [2.75, 3.05) is 19.1 Å². The van der Waals surface area contributed by atoms with Crippen molar-refractivity contribution in [3.05, 3.63) is 85.8 Å². The van der Waals surface area contributed by atoms with Gasteiger partial charge in [-0.15, -0.1) is 0 Å². The summed E-state index contributed by atoms with van der Waals surface area (Å²) in [6, 6.07) is 15.6. The predicted molar refractivity (Wildman–Crippen MR) is 123 cm³/mol. The number of esters is 2. The second-order valence-corrected chi connectivity index (χ2v) is 7.94. The van der Waals surface area contributed by atoms with Crippen molar-refractivity contribution < 1.29 is 19.1 Å². The molecule has 2 aromatic carbocycles. The quantitative estimate of drug-likeness (QED) is 0.593. The third kappa shape index (κ3) is 4.05. The van der Waals surface area contributed by atoms with E-state index in [2.05, 4.69) is 22.0 Å². The maximum atomic E-state index is 13.1. The molecule has 33 heavy (non-hydrogen) atoms. The van der Waals surface area contributed by atoms with Crippen LogP contribution in [-0.4, -0.2) is 26.2 Å². The number of nitrogens with zero attached hydrogens (tertiary/aromatic N) is 3. The topological polar surface area (TPSA) is 129 Å². The standard InChI is InChI=1S/C23H16BrClN4O4/c1-32-22(30)17-16(12-6-4-3-5-7-12)14(11-27)21(28)29(20(17)23(31)33-2)19-15(24)9-8-13(10-26)18(19)25/h3-9,16H,28H2,1-2H3. The second-order valence-electron chi connectivity index (χ2n) is 6.70. The Morgan fingerprint density at radius 2 is 1.70 bits per heavy atom. The van der Waals surface area contributed by atoms with Crippen LogP contribution in [0.1, 0.15) is 17.0 Å². The third-order valence-corrected chi connectivity index (χ3v) is 6.04. The van der Waals surface area contributed by atoms with Crippen molar-refractivity contribution in [1.82, 2.24) is 0 Å². The lowest BCUT2D eigenvalue weighted by Crippen LogP contribution is -2.41. The summed E-state index contributed by atoms with van der Waals surface area (Å²) in [6.45, 7) is 0. The van der Waals surface area contributed by atoms with Crippen molar-refractivity contribution in [2.24, 2.45) is 5.73 Å². The van der Waals surface area contributed by atoms with E-state index in [-0.39, 0.29) is 38.9 Å². The number of carbonyl (C=O) groups excluding carboxylic acids is 2. The molecule has 0 spiro atoms. The Morgan fingerprint density at radius 1 is 1.06 bits per heavy atom. The summed E-state index contributed by atoms with van der Waals surface area (Å²) < 4.78 is 10.3. The van der Waals surface area contributed by atoms with Gasteiger partial charge in [0.2, 0.25) is 0 Å². The lowest BCUT2D eigenvalue weighted by Gasteiger charge is -2.36. The van der Waals surface area contributed by atoms with Gasteiger partial charge >= 0.3 is 11.9 Å². The van der Waals surface area contributed by atoms with Gasteiger partial charge in [0, 0.05) is 4.47 Å². The van der Waals surface area contributed by atoms with E-state index in [1.807, 2.05) is 6.07 Å². The van der Waals surface area contributed by atoms with Gasteiger partial charge in [-0.1, -0.05) is 41.9 Å². The second kappa shape index (κ2) is 9.78. The number of halogens is 2. The van der Waals surface area contributed by atoms with E-state index in [1.165, 1.54) is 12.1 Å². The number of rotatable bonds is 4. The summed E-state index contributed by atoms with van der Waals surface area (Å²) in [4.78, 5) is 27.2. The van der Waals surface area contributed by atoms with Crippen LogP contribution in [0.15, 0.2) is 69.6 Å². The molecule has 0 saturated heterocycles. The first-order chi connectivity index (χ1) is 15.8. The van der Waals surface area contributed by atoms with Crippen LogP contribution in [0, 0.1) is 22.7 Å². The summed E-state index contributed by atoms with van der Waals surface area (Å²) in [6.07, 6.45) is 0. The molecule has 0 fully saturated rings. The molecule has 2 aromatic rings. The summed E-state index contributed by atoms with van der Waals surface area (Å²) in [5.41, 5.74) is 6.70. The van der Waals surface area contributed by atoms with E-state index in [0.29, 0.717) is 10.0 Å². The Hall–Kier alpha value is -3.79. The largest absolute Gasteiger partial charge is 0.466 e. The van der Waals surface area contributed by atoms with Gasteiger partial charge in [-0.2, -0.15) is 10.5 Å². The zero-order valence-electron chi connectivity index (χ0n) is 17.4. The average Bonchev–Trinajstić information content (AvgIpc) is 2.83. The third-order valence-electron chi connectivity index (χ3n) is 5.02. The van der Waals surface area contributed by atoms with Crippen LogP contribution in [0.25, 0.3) is 0 Å². The highest BCUT2D eigenvalue weighted by atomic mass is 79.9. The Kier molecular flexibility index (Phi) is 7.07. The number of anilines is 1. The van der Waals surface area contributed by atoms with Crippen molar-refractivity contribution in [1.29, 1.82) is 10.5 Å². The minimum Gasteiger partial charge on any atom is -0.466 e. The fourth-order valence-electron chi connectivity index (χ4n) is 3.58. The number of benzene rings is 2. The molecule has 10 heteroatoms. The van der Waals surface area contributed by atoms with Gasteiger partial charge in [0.05, 0.1) is 53.6 Å².